The van der Waals surface area contributed by atoms with Crippen LogP contribution in [0.25, 0.3) is 5.69 Å². The van der Waals surface area contributed by atoms with E-state index < -0.39 is 0 Å². The maximum Gasteiger partial charge on any atom is 0.273 e. The molecule has 0 radical (unpaired) electrons. The van der Waals surface area contributed by atoms with Gasteiger partial charge in [0.1, 0.15) is 0 Å². The smallest absolute Gasteiger partial charge is 0.273 e. The van der Waals surface area contributed by atoms with E-state index in [1.807, 2.05) is 13.8 Å². The van der Waals surface area contributed by atoms with Crippen LogP contribution in [0.1, 0.15) is 37.2 Å². The summed E-state index contributed by atoms with van der Waals surface area (Å²) in [6, 6.07) is 7.13. The average Bonchev–Trinajstić information content (AvgIpc) is 3.18. The number of nitrogens with zero attached hydrogens (tertiary/aromatic N) is 3. The molecule has 1 aliphatic rings. The van der Waals surface area contributed by atoms with Crippen LogP contribution in [0.2, 0.25) is 5.02 Å². The SMILES string of the molecule is CC(C)(NC(=O)c1cnn(-c2ccc(Cl)cc2)n1)C1CC1. The van der Waals surface area contributed by atoms with Crippen LogP contribution < -0.4 is 5.32 Å². The number of hydrogen-bond donors (Lipinski definition) is 1. The molecule has 2 aromatic rings. The van der Waals surface area contributed by atoms with Crippen molar-refractivity contribution in [3.8, 4) is 5.69 Å². The molecular weight excluding hydrogens is 288 g/mol. The zero-order valence-corrected chi connectivity index (χ0v) is 12.8. The van der Waals surface area contributed by atoms with Crippen molar-refractivity contribution >= 4 is 17.5 Å². The first-order chi connectivity index (χ1) is 9.95. The topological polar surface area (TPSA) is 59.8 Å². The van der Waals surface area contributed by atoms with E-state index in [-0.39, 0.29) is 11.4 Å². The molecule has 1 aliphatic carbocycles. The molecule has 0 spiro atoms. The summed E-state index contributed by atoms with van der Waals surface area (Å²) in [5.41, 5.74) is 0.889. The third-order valence-corrected chi connectivity index (χ3v) is 4.07. The van der Waals surface area contributed by atoms with E-state index in [0.717, 1.165) is 5.69 Å². The van der Waals surface area contributed by atoms with Gasteiger partial charge in [0.2, 0.25) is 0 Å². The summed E-state index contributed by atoms with van der Waals surface area (Å²) in [5.74, 6) is 0.375. The van der Waals surface area contributed by atoms with Crippen LogP contribution in [0, 0.1) is 5.92 Å². The van der Waals surface area contributed by atoms with Crippen LogP contribution in [-0.2, 0) is 0 Å². The fraction of sp³-hybridized carbons (Fsp3) is 0.400. The lowest BCUT2D eigenvalue weighted by Crippen LogP contribution is -2.45. The molecule has 110 valence electrons. The Labute approximate surface area is 128 Å². The van der Waals surface area contributed by atoms with Crippen molar-refractivity contribution in [2.45, 2.75) is 32.2 Å². The highest BCUT2D eigenvalue weighted by Gasteiger charge is 2.39. The van der Waals surface area contributed by atoms with E-state index in [1.54, 1.807) is 24.3 Å². The Hall–Kier alpha value is -1.88. The molecule has 1 aromatic heterocycles. The van der Waals surface area contributed by atoms with Gasteiger partial charge in [-0.25, -0.2) is 0 Å². The van der Waals surface area contributed by atoms with Crippen LogP contribution >= 0.6 is 11.6 Å². The van der Waals surface area contributed by atoms with Gasteiger partial charge in [-0.3, -0.25) is 4.79 Å². The number of hydrogen-bond acceptors (Lipinski definition) is 3. The Morgan fingerprint density at radius 1 is 1.33 bits per heavy atom. The van der Waals surface area contributed by atoms with E-state index in [4.69, 9.17) is 11.6 Å². The van der Waals surface area contributed by atoms with Gasteiger partial charge in [0.15, 0.2) is 5.69 Å². The predicted octanol–water partition coefficient (Wildman–Crippen LogP) is 2.84. The lowest BCUT2D eigenvalue weighted by Gasteiger charge is -2.25. The number of aromatic nitrogens is 3. The normalized spacial score (nSPS) is 15.0. The van der Waals surface area contributed by atoms with E-state index in [9.17, 15) is 4.79 Å². The van der Waals surface area contributed by atoms with Gasteiger partial charge in [0.25, 0.3) is 5.91 Å². The van der Waals surface area contributed by atoms with Gasteiger partial charge in [-0.2, -0.15) is 9.90 Å². The van der Waals surface area contributed by atoms with Crippen molar-refractivity contribution in [2.75, 3.05) is 0 Å². The zero-order chi connectivity index (χ0) is 15.0. The minimum absolute atomic E-state index is 0.188. The lowest BCUT2D eigenvalue weighted by atomic mass is 9.99. The van der Waals surface area contributed by atoms with Gasteiger partial charge in [-0.1, -0.05) is 11.6 Å². The summed E-state index contributed by atoms with van der Waals surface area (Å²) in [4.78, 5) is 13.7. The summed E-state index contributed by atoms with van der Waals surface area (Å²) in [6.07, 6.45) is 3.82. The second-order valence-corrected chi connectivity index (χ2v) is 6.38. The number of nitrogens with one attached hydrogen (secondary N) is 1. The van der Waals surface area contributed by atoms with Crippen molar-refractivity contribution in [3.63, 3.8) is 0 Å². The molecule has 0 saturated heterocycles. The van der Waals surface area contributed by atoms with Gasteiger partial charge in [0.05, 0.1) is 11.9 Å². The van der Waals surface area contributed by atoms with Crippen molar-refractivity contribution < 1.29 is 4.79 Å². The predicted molar refractivity (Wildman–Crippen MR) is 80.6 cm³/mol. The Bertz CT molecular complexity index is 659. The quantitative estimate of drug-likeness (QED) is 0.945. The van der Waals surface area contributed by atoms with Crippen molar-refractivity contribution in [1.29, 1.82) is 0 Å². The molecule has 6 heteroatoms. The molecule has 1 N–H and O–H groups in total. The number of rotatable bonds is 4. The first kappa shape index (κ1) is 14.1. The van der Waals surface area contributed by atoms with E-state index in [0.29, 0.717) is 16.6 Å². The van der Waals surface area contributed by atoms with Gasteiger partial charge in [0, 0.05) is 10.6 Å². The van der Waals surface area contributed by atoms with Gasteiger partial charge in [-0.05, 0) is 56.9 Å². The minimum atomic E-state index is -0.193. The lowest BCUT2D eigenvalue weighted by molar-refractivity contribution is 0.0897. The monoisotopic (exact) mass is 304 g/mol. The Kier molecular flexibility index (Phi) is 3.45. The fourth-order valence-electron chi connectivity index (χ4n) is 2.33. The first-order valence-corrected chi connectivity index (χ1v) is 7.34. The maximum absolute atomic E-state index is 12.2. The van der Waals surface area contributed by atoms with E-state index >= 15 is 0 Å². The third-order valence-electron chi connectivity index (χ3n) is 3.82. The number of benzene rings is 1. The number of halogens is 1. The second-order valence-electron chi connectivity index (χ2n) is 5.95. The maximum atomic E-state index is 12.2. The molecule has 0 atom stereocenters. The Morgan fingerprint density at radius 3 is 2.62 bits per heavy atom. The molecule has 1 heterocycles. The molecular formula is C15H17ClN4O. The highest BCUT2D eigenvalue weighted by atomic mass is 35.5. The van der Waals surface area contributed by atoms with Gasteiger partial charge >= 0.3 is 0 Å². The summed E-state index contributed by atoms with van der Waals surface area (Å²) in [6.45, 7) is 4.10. The number of amides is 1. The van der Waals surface area contributed by atoms with Crippen LogP contribution in [0.5, 0.6) is 0 Å². The highest BCUT2D eigenvalue weighted by molar-refractivity contribution is 6.30. The van der Waals surface area contributed by atoms with Crippen LogP contribution in [0.3, 0.4) is 0 Å². The molecule has 1 saturated carbocycles. The van der Waals surface area contributed by atoms with Crippen molar-refractivity contribution in [1.82, 2.24) is 20.3 Å². The third kappa shape index (κ3) is 3.08. The minimum Gasteiger partial charge on any atom is -0.345 e. The Balaban J connectivity index is 1.75. The largest absolute Gasteiger partial charge is 0.345 e. The van der Waals surface area contributed by atoms with Gasteiger partial charge < -0.3 is 5.32 Å². The van der Waals surface area contributed by atoms with Gasteiger partial charge in [-0.15, -0.1) is 5.10 Å². The summed E-state index contributed by atoms with van der Waals surface area (Å²) < 4.78 is 0. The van der Waals surface area contributed by atoms with Crippen molar-refractivity contribution in [2.24, 2.45) is 5.92 Å². The molecule has 0 unspecified atom stereocenters. The van der Waals surface area contributed by atoms with Crippen LogP contribution in [-0.4, -0.2) is 26.4 Å². The molecule has 3 rings (SSSR count). The fourth-order valence-corrected chi connectivity index (χ4v) is 2.46. The molecule has 1 amide bonds. The summed E-state index contributed by atoms with van der Waals surface area (Å²) >= 11 is 5.85. The molecule has 1 fully saturated rings. The molecule has 0 aliphatic heterocycles. The molecule has 21 heavy (non-hydrogen) atoms. The van der Waals surface area contributed by atoms with Crippen molar-refractivity contribution in [3.05, 3.63) is 41.2 Å². The number of carbonyl (C=O) groups is 1. The van der Waals surface area contributed by atoms with E-state index in [2.05, 4.69) is 15.5 Å². The number of carbonyl (C=O) groups excluding carboxylic acids is 1. The Morgan fingerprint density at radius 2 is 2.00 bits per heavy atom. The molecule has 5 nitrogen and oxygen atoms in total. The molecule has 1 aromatic carbocycles. The highest BCUT2D eigenvalue weighted by Crippen LogP contribution is 2.39. The van der Waals surface area contributed by atoms with E-state index in [1.165, 1.54) is 23.8 Å². The molecule has 0 bridgehead atoms. The second kappa shape index (κ2) is 5.15. The van der Waals surface area contributed by atoms with Crippen LogP contribution in [0.4, 0.5) is 0 Å². The zero-order valence-electron chi connectivity index (χ0n) is 12.0. The van der Waals surface area contributed by atoms with Crippen LogP contribution in [0.15, 0.2) is 30.5 Å². The standard InChI is InChI=1S/C15H17ClN4O/c1-15(2,10-3-4-10)18-14(21)13-9-17-20(19-13)12-7-5-11(16)6-8-12/h5-10H,3-4H2,1-2H3,(H,18,21). The summed E-state index contributed by atoms with van der Waals surface area (Å²) in [5, 5.41) is 12.0. The first-order valence-electron chi connectivity index (χ1n) is 6.96. The summed E-state index contributed by atoms with van der Waals surface area (Å²) in [7, 11) is 0. The average molecular weight is 305 g/mol.